The van der Waals surface area contributed by atoms with Gasteiger partial charge in [-0.3, -0.25) is 15.0 Å². The lowest BCUT2D eigenvalue weighted by molar-refractivity contribution is 0.0955. The summed E-state index contributed by atoms with van der Waals surface area (Å²) >= 11 is 0. The number of fused-ring (bicyclic) bond motifs is 2. The quantitative estimate of drug-likeness (QED) is 0.250. The van der Waals surface area contributed by atoms with Crippen LogP contribution in [0.25, 0.3) is 0 Å². The maximum Gasteiger partial charge on any atom is 0.251 e. The summed E-state index contributed by atoms with van der Waals surface area (Å²) in [4.78, 5) is 26.9. The van der Waals surface area contributed by atoms with Crippen LogP contribution in [0.2, 0.25) is 0 Å². The molecule has 0 bridgehead atoms. The molecule has 2 atom stereocenters. The molecule has 1 unspecified atom stereocenters. The van der Waals surface area contributed by atoms with E-state index >= 15 is 0 Å². The van der Waals surface area contributed by atoms with Crippen molar-refractivity contribution in [1.29, 1.82) is 10.7 Å². The first-order valence-corrected chi connectivity index (χ1v) is 13.3. The molecule has 1 aliphatic carbocycles. The number of carbonyl (C=O) groups is 2. The largest absolute Gasteiger partial charge is 0.387 e. The highest BCUT2D eigenvalue weighted by atomic mass is 16.2. The van der Waals surface area contributed by atoms with E-state index in [1.54, 1.807) is 26.2 Å². The van der Waals surface area contributed by atoms with Crippen molar-refractivity contribution in [3.8, 4) is 6.07 Å². The molecule has 4 rings (SSSR count). The lowest BCUT2D eigenvalue weighted by Gasteiger charge is -2.42. The minimum Gasteiger partial charge on any atom is -0.387 e. The summed E-state index contributed by atoms with van der Waals surface area (Å²) in [5.41, 5.74) is 11.0. The van der Waals surface area contributed by atoms with Crippen molar-refractivity contribution in [3.05, 3.63) is 82.1 Å². The third-order valence-electron chi connectivity index (χ3n) is 8.02. The van der Waals surface area contributed by atoms with Crippen molar-refractivity contribution in [3.63, 3.8) is 0 Å². The molecule has 1 heterocycles. The van der Waals surface area contributed by atoms with E-state index in [2.05, 4.69) is 40.4 Å². The summed E-state index contributed by atoms with van der Waals surface area (Å²) < 4.78 is 0. The van der Waals surface area contributed by atoms with Crippen LogP contribution in [0.3, 0.4) is 0 Å². The minimum atomic E-state index is -0.956. The van der Waals surface area contributed by atoms with Crippen molar-refractivity contribution in [2.45, 2.75) is 50.1 Å². The molecule has 2 aromatic rings. The van der Waals surface area contributed by atoms with Crippen molar-refractivity contribution >= 4 is 17.6 Å². The van der Waals surface area contributed by atoms with Gasteiger partial charge in [-0.25, -0.2) is 0 Å². The number of nitrogens with zero attached hydrogens (tertiary/aromatic N) is 2. The van der Waals surface area contributed by atoms with Gasteiger partial charge in [-0.2, -0.15) is 5.26 Å². The number of benzene rings is 2. The molecule has 0 aromatic heterocycles. The van der Waals surface area contributed by atoms with Crippen LogP contribution in [0, 0.1) is 16.7 Å². The molecule has 1 fully saturated rings. The summed E-state index contributed by atoms with van der Waals surface area (Å²) in [6.45, 7) is 7.61. The Bertz CT molecular complexity index is 1290. The number of nitrogens with one attached hydrogen (secondary N) is 4. The molecule has 1 saturated heterocycles. The second-order valence-corrected chi connectivity index (χ2v) is 10.4. The van der Waals surface area contributed by atoms with Gasteiger partial charge in [-0.05, 0) is 79.1 Å². The molecule has 204 valence electrons. The SMILES string of the molecule is C=C(CN[C@H](C)CC1(C(=N)N)c2ccc(C(=O)NC)cc2Cc2cc(C(=O)NC)ccc21)N1CCCC1C#N. The van der Waals surface area contributed by atoms with E-state index in [4.69, 9.17) is 11.1 Å². The maximum absolute atomic E-state index is 12.4. The van der Waals surface area contributed by atoms with Gasteiger partial charge in [0.05, 0.1) is 11.5 Å². The van der Waals surface area contributed by atoms with Crippen LogP contribution < -0.4 is 21.7 Å². The van der Waals surface area contributed by atoms with Crippen LogP contribution >= 0.6 is 0 Å². The number of rotatable bonds is 9. The Hall–Kier alpha value is -4.16. The van der Waals surface area contributed by atoms with Crippen molar-refractivity contribution in [2.75, 3.05) is 27.2 Å². The first kappa shape index (κ1) is 27.9. The zero-order valence-electron chi connectivity index (χ0n) is 22.9. The molecule has 0 saturated carbocycles. The van der Waals surface area contributed by atoms with Crippen LogP contribution in [0.15, 0.2) is 48.7 Å². The Balaban J connectivity index is 1.72. The molecule has 39 heavy (non-hydrogen) atoms. The van der Waals surface area contributed by atoms with Crippen molar-refractivity contribution < 1.29 is 9.59 Å². The number of hydrogen-bond donors (Lipinski definition) is 5. The second-order valence-electron chi connectivity index (χ2n) is 10.4. The predicted octanol–water partition coefficient (Wildman–Crippen LogP) is 2.40. The van der Waals surface area contributed by atoms with Gasteiger partial charge in [-0.1, -0.05) is 18.7 Å². The number of carbonyl (C=O) groups excluding carboxylic acids is 2. The Morgan fingerprint density at radius 2 is 1.72 bits per heavy atom. The summed E-state index contributed by atoms with van der Waals surface area (Å²) in [6, 6.07) is 13.2. The van der Waals surface area contributed by atoms with Crippen LogP contribution in [-0.2, 0) is 11.8 Å². The van der Waals surface area contributed by atoms with E-state index < -0.39 is 5.41 Å². The lowest BCUT2D eigenvalue weighted by Crippen LogP contribution is -2.49. The number of nitriles is 1. The average molecular weight is 528 g/mol. The summed E-state index contributed by atoms with van der Waals surface area (Å²) in [5.74, 6) is -0.383. The van der Waals surface area contributed by atoms with Crippen LogP contribution in [0.1, 0.15) is 69.2 Å². The molecule has 6 N–H and O–H groups in total. The standard InChI is InChI=1S/C30H37N7O2/c1-18(36-17-19(2)37-11-5-6-24(37)16-31)15-30(29(32)33)25-9-7-20(27(38)34-3)12-22(25)14-23-13-21(28(39)35-4)8-10-26(23)30/h7-10,12-13,18,24,36H,2,5-6,11,14-15,17H2,1,3-4H3,(H3,32,33)(H,34,38)(H,35,39)/t18-,24?/m1/s1. The fourth-order valence-electron chi connectivity index (χ4n) is 6.06. The van der Waals surface area contributed by atoms with Gasteiger partial charge in [-0.15, -0.1) is 0 Å². The van der Waals surface area contributed by atoms with Crippen LogP contribution in [0.5, 0.6) is 0 Å². The monoisotopic (exact) mass is 527 g/mol. The summed E-state index contributed by atoms with van der Waals surface area (Å²) in [5, 5.41) is 27.2. The number of amidine groups is 1. The van der Waals surface area contributed by atoms with E-state index in [1.807, 2.05) is 24.3 Å². The fourth-order valence-corrected chi connectivity index (χ4v) is 6.06. The zero-order valence-corrected chi connectivity index (χ0v) is 22.9. The van der Waals surface area contributed by atoms with E-state index in [0.29, 0.717) is 30.5 Å². The molecule has 2 aliphatic rings. The van der Waals surface area contributed by atoms with Gasteiger partial charge in [0.1, 0.15) is 11.9 Å². The highest BCUT2D eigenvalue weighted by Crippen LogP contribution is 2.45. The smallest absolute Gasteiger partial charge is 0.251 e. The molecular weight excluding hydrogens is 490 g/mol. The normalized spacial score (nSPS) is 17.8. The fraction of sp³-hybridized carbons (Fsp3) is 0.400. The van der Waals surface area contributed by atoms with Gasteiger partial charge in [0.2, 0.25) is 0 Å². The molecule has 9 heteroatoms. The highest BCUT2D eigenvalue weighted by molar-refractivity contribution is 5.98. The Morgan fingerprint density at radius 1 is 1.15 bits per heavy atom. The number of nitrogens with two attached hydrogens (primary N) is 1. The molecular formula is C30H37N7O2. The maximum atomic E-state index is 12.4. The zero-order chi connectivity index (χ0) is 28.3. The van der Waals surface area contributed by atoms with Crippen molar-refractivity contribution in [1.82, 2.24) is 20.9 Å². The molecule has 9 nitrogen and oxygen atoms in total. The Labute approximate surface area is 230 Å². The first-order chi connectivity index (χ1) is 18.7. The third kappa shape index (κ3) is 5.12. The van der Waals surface area contributed by atoms with Crippen molar-refractivity contribution in [2.24, 2.45) is 5.73 Å². The highest BCUT2D eigenvalue weighted by Gasteiger charge is 2.45. The first-order valence-electron chi connectivity index (χ1n) is 13.3. The number of likely N-dealkylation sites (tertiary alicyclic amines) is 1. The van der Waals surface area contributed by atoms with Crippen LogP contribution in [-0.4, -0.2) is 61.8 Å². The van der Waals surface area contributed by atoms with Gasteiger partial charge < -0.3 is 26.6 Å². The van der Waals surface area contributed by atoms with E-state index in [-0.39, 0.29) is 29.7 Å². The molecule has 1 aliphatic heterocycles. The summed E-state index contributed by atoms with van der Waals surface area (Å²) in [6.07, 6.45) is 2.82. The number of amides is 2. The topological polar surface area (TPSA) is 147 Å². The lowest BCUT2D eigenvalue weighted by atomic mass is 9.62. The molecule has 2 aromatic carbocycles. The van der Waals surface area contributed by atoms with Gasteiger partial charge >= 0.3 is 0 Å². The van der Waals surface area contributed by atoms with Crippen LogP contribution in [0.4, 0.5) is 0 Å². The number of hydrogen-bond acceptors (Lipinski definition) is 6. The average Bonchev–Trinajstić information content (AvgIpc) is 3.43. The van der Waals surface area contributed by atoms with E-state index in [0.717, 1.165) is 47.3 Å². The molecule has 0 spiro atoms. The third-order valence-corrected chi connectivity index (χ3v) is 8.02. The van der Waals surface area contributed by atoms with E-state index in [9.17, 15) is 14.9 Å². The molecule has 0 radical (unpaired) electrons. The Kier molecular flexibility index (Phi) is 8.07. The van der Waals surface area contributed by atoms with Gasteiger partial charge in [0.25, 0.3) is 11.8 Å². The second kappa shape index (κ2) is 11.3. The molecule has 2 amide bonds. The van der Waals surface area contributed by atoms with Gasteiger partial charge in [0.15, 0.2) is 0 Å². The minimum absolute atomic E-state index is 0.00153. The van der Waals surface area contributed by atoms with E-state index in [1.165, 1.54) is 0 Å². The predicted molar refractivity (Wildman–Crippen MR) is 152 cm³/mol. The summed E-state index contributed by atoms with van der Waals surface area (Å²) in [7, 11) is 3.18. The van der Waals surface area contributed by atoms with Gasteiger partial charge in [0, 0.05) is 50.1 Å². The Morgan fingerprint density at radius 3 is 2.21 bits per heavy atom.